The zero-order valence-electron chi connectivity index (χ0n) is 11.5. The highest BCUT2D eigenvalue weighted by molar-refractivity contribution is 6.31. The van der Waals surface area contributed by atoms with Gasteiger partial charge >= 0.3 is 0 Å². The number of nitrogens with one attached hydrogen (secondary N) is 1. The zero-order chi connectivity index (χ0) is 13.2. The molecule has 2 aliphatic carbocycles. The molecule has 0 unspecified atom stereocenters. The van der Waals surface area contributed by atoms with Gasteiger partial charge in [-0.15, -0.1) is 0 Å². The summed E-state index contributed by atoms with van der Waals surface area (Å²) in [6.45, 7) is 3.33. The highest BCUT2D eigenvalue weighted by Gasteiger charge is 2.29. The van der Waals surface area contributed by atoms with Gasteiger partial charge in [-0.1, -0.05) is 11.6 Å². The number of halogens is 1. The highest BCUT2D eigenvalue weighted by atomic mass is 35.5. The van der Waals surface area contributed by atoms with Gasteiger partial charge in [0, 0.05) is 26.7 Å². The lowest BCUT2D eigenvalue weighted by molar-refractivity contribution is 0.241. The molecule has 1 N–H and O–H groups in total. The Morgan fingerprint density at radius 1 is 1.21 bits per heavy atom. The van der Waals surface area contributed by atoms with Gasteiger partial charge < -0.3 is 5.32 Å². The van der Waals surface area contributed by atoms with Crippen molar-refractivity contribution >= 4 is 17.4 Å². The number of rotatable bonds is 7. The van der Waals surface area contributed by atoms with Crippen molar-refractivity contribution in [2.24, 2.45) is 11.8 Å². The van der Waals surface area contributed by atoms with E-state index >= 15 is 0 Å². The third kappa shape index (κ3) is 3.83. The fourth-order valence-electron chi connectivity index (χ4n) is 2.48. The fourth-order valence-corrected chi connectivity index (χ4v) is 2.65. The Balaban J connectivity index is 1.67. The monoisotopic (exact) mass is 279 g/mol. The molecule has 0 saturated heterocycles. The predicted molar refractivity (Wildman–Crippen MR) is 79.5 cm³/mol. The Morgan fingerprint density at radius 2 is 1.84 bits per heavy atom. The number of hydrogen-bond acceptors (Lipinski definition) is 3. The van der Waals surface area contributed by atoms with Crippen LogP contribution in [-0.2, 0) is 6.54 Å². The second-order valence-corrected chi connectivity index (χ2v) is 6.36. The van der Waals surface area contributed by atoms with Crippen LogP contribution in [-0.4, -0.2) is 30.0 Å². The predicted octanol–water partition coefficient (Wildman–Crippen LogP) is 3.40. The standard InChI is InChI=1S/C15H22ClN3/c1-17-15-7-6-13(16)14(18-15)10-19(8-11-2-3-11)9-12-4-5-12/h6-7,11-12H,2-5,8-10H2,1H3,(H,17,18). The molecular formula is C15H22ClN3. The van der Waals surface area contributed by atoms with E-state index in [-0.39, 0.29) is 0 Å². The molecule has 2 aliphatic rings. The molecule has 3 nitrogen and oxygen atoms in total. The number of anilines is 1. The van der Waals surface area contributed by atoms with Crippen LogP contribution in [0.5, 0.6) is 0 Å². The van der Waals surface area contributed by atoms with E-state index in [0.717, 1.165) is 34.9 Å². The number of hydrogen-bond donors (Lipinski definition) is 1. The van der Waals surface area contributed by atoms with Gasteiger partial charge in [0.25, 0.3) is 0 Å². The summed E-state index contributed by atoms with van der Waals surface area (Å²) >= 11 is 6.28. The van der Waals surface area contributed by atoms with Gasteiger partial charge in [0.1, 0.15) is 5.82 Å². The van der Waals surface area contributed by atoms with Gasteiger partial charge in [-0.3, -0.25) is 4.90 Å². The molecule has 0 aliphatic heterocycles. The van der Waals surface area contributed by atoms with E-state index in [9.17, 15) is 0 Å². The maximum absolute atomic E-state index is 6.28. The van der Waals surface area contributed by atoms with Crippen LogP contribution in [0.15, 0.2) is 12.1 Å². The van der Waals surface area contributed by atoms with Crippen molar-refractivity contribution in [3.63, 3.8) is 0 Å². The van der Waals surface area contributed by atoms with Crippen LogP contribution < -0.4 is 5.32 Å². The SMILES string of the molecule is CNc1ccc(Cl)c(CN(CC2CC2)CC2CC2)n1. The Morgan fingerprint density at radius 3 is 2.37 bits per heavy atom. The van der Waals surface area contributed by atoms with Crippen molar-refractivity contribution in [1.82, 2.24) is 9.88 Å². The van der Waals surface area contributed by atoms with Crippen molar-refractivity contribution in [1.29, 1.82) is 0 Å². The topological polar surface area (TPSA) is 28.2 Å². The van der Waals surface area contributed by atoms with Crippen LogP contribution in [0.4, 0.5) is 5.82 Å². The molecule has 0 bridgehead atoms. The molecule has 0 atom stereocenters. The summed E-state index contributed by atoms with van der Waals surface area (Å²) in [6.07, 6.45) is 5.61. The molecule has 104 valence electrons. The van der Waals surface area contributed by atoms with Gasteiger partial charge in [0.15, 0.2) is 0 Å². The first-order valence-electron chi connectivity index (χ1n) is 7.30. The molecule has 1 aromatic heterocycles. The molecule has 3 rings (SSSR count). The van der Waals surface area contributed by atoms with E-state index in [0.29, 0.717) is 0 Å². The van der Waals surface area contributed by atoms with Crippen LogP contribution in [0.3, 0.4) is 0 Å². The van der Waals surface area contributed by atoms with E-state index in [4.69, 9.17) is 11.6 Å². The van der Waals surface area contributed by atoms with Gasteiger partial charge in [-0.05, 0) is 49.7 Å². The zero-order valence-corrected chi connectivity index (χ0v) is 12.3. The van der Waals surface area contributed by atoms with Crippen molar-refractivity contribution in [3.8, 4) is 0 Å². The molecule has 2 fully saturated rings. The second-order valence-electron chi connectivity index (χ2n) is 5.96. The normalized spacial score (nSPS) is 18.9. The van der Waals surface area contributed by atoms with Gasteiger partial charge in [-0.2, -0.15) is 0 Å². The quantitative estimate of drug-likeness (QED) is 0.829. The van der Waals surface area contributed by atoms with Crippen molar-refractivity contribution in [2.75, 3.05) is 25.5 Å². The highest BCUT2D eigenvalue weighted by Crippen LogP contribution is 2.34. The first-order valence-corrected chi connectivity index (χ1v) is 7.68. The summed E-state index contributed by atoms with van der Waals surface area (Å²) in [6, 6.07) is 3.88. The molecule has 1 heterocycles. The molecule has 0 spiro atoms. The third-order valence-corrected chi connectivity index (χ3v) is 4.32. The van der Waals surface area contributed by atoms with Crippen molar-refractivity contribution < 1.29 is 0 Å². The smallest absolute Gasteiger partial charge is 0.126 e. The first kappa shape index (κ1) is 13.2. The fraction of sp³-hybridized carbons (Fsp3) is 0.667. The maximum Gasteiger partial charge on any atom is 0.126 e. The van der Waals surface area contributed by atoms with Gasteiger partial charge in [0.05, 0.1) is 10.7 Å². The van der Waals surface area contributed by atoms with E-state index in [1.807, 2.05) is 19.2 Å². The first-order chi connectivity index (χ1) is 9.24. The van der Waals surface area contributed by atoms with Crippen molar-refractivity contribution in [2.45, 2.75) is 32.2 Å². The van der Waals surface area contributed by atoms with E-state index in [1.165, 1.54) is 38.8 Å². The van der Waals surface area contributed by atoms with Crippen LogP contribution >= 0.6 is 11.6 Å². The third-order valence-electron chi connectivity index (χ3n) is 3.97. The van der Waals surface area contributed by atoms with E-state index in [1.54, 1.807) is 0 Å². The molecule has 2 saturated carbocycles. The minimum atomic E-state index is 0.788. The lowest BCUT2D eigenvalue weighted by Crippen LogP contribution is -2.28. The summed E-state index contributed by atoms with van der Waals surface area (Å²) in [7, 11) is 1.90. The molecular weight excluding hydrogens is 258 g/mol. The van der Waals surface area contributed by atoms with Gasteiger partial charge in [0.2, 0.25) is 0 Å². The van der Waals surface area contributed by atoms with Crippen molar-refractivity contribution in [3.05, 3.63) is 22.8 Å². The lowest BCUT2D eigenvalue weighted by Gasteiger charge is -2.22. The van der Waals surface area contributed by atoms with Gasteiger partial charge in [-0.25, -0.2) is 4.98 Å². The minimum Gasteiger partial charge on any atom is -0.373 e. The second kappa shape index (κ2) is 5.68. The average molecular weight is 280 g/mol. The van der Waals surface area contributed by atoms with E-state index < -0.39 is 0 Å². The number of nitrogens with zero attached hydrogens (tertiary/aromatic N) is 2. The molecule has 0 amide bonds. The Bertz CT molecular complexity index is 427. The summed E-state index contributed by atoms with van der Waals surface area (Å²) in [5, 5.41) is 3.87. The van der Waals surface area contributed by atoms with Crippen LogP contribution in [0.25, 0.3) is 0 Å². The summed E-state index contributed by atoms with van der Waals surface area (Å²) in [5.41, 5.74) is 1.01. The van der Waals surface area contributed by atoms with Crippen LogP contribution in [0.1, 0.15) is 31.4 Å². The van der Waals surface area contributed by atoms with Crippen LogP contribution in [0.2, 0.25) is 5.02 Å². The number of pyridine rings is 1. The Kier molecular flexibility index (Phi) is 3.94. The Hall–Kier alpha value is -0.800. The summed E-state index contributed by atoms with van der Waals surface area (Å²) in [4.78, 5) is 7.16. The Labute approximate surface area is 120 Å². The molecule has 19 heavy (non-hydrogen) atoms. The number of aromatic nitrogens is 1. The molecule has 0 radical (unpaired) electrons. The largest absolute Gasteiger partial charge is 0.373 e. The molecule has 4 heteroatoms. The lowest BCUT2D eigenvalue weighted by atomic mass is 10.2. The molecule has 0 aromatic carbocycles. The van der Waals surface area contributed by atoms with E-state index in [2.05, 4.69) is 15.2 Å². The summed E-state index contributed by atoms with van der Waals surface area (Å²) < 4.78 is 0. The summed E-state index contributed by atoms with van der Waals surface area (Å²) in [5.74, 6) is 2.74. The minimum absolute atomic E-state index is 0.788. The van der Waals surface area contributed by atoms with Crippen LogP contribution in [0, 0.1) is 11.8 Å². The molecule has 1 aromatic rings. The maximum atomic E-state index is 6.28. The average Bonchev–Trinajstić information content (AvgIpc) is 3.28.